The molecule has 2 saturated heterocycles. The molecule has 1 aromatic heterocycles. The third-order valence-electron chi connectivity index (χ3n) is 8.99. The zero-order chi connectivity index (χ0) is 30.1. The van der Waals surface area contributed by atoms with E-state index in [0.717, 1.165) is 80.6 Å². The van der Waals surface area contributed by atoms with Crippen LogP contribution < -0.4 is 4.74 Å². The summed E-state index contributed by atoms with van der Waals surface area (Å²) in [6.45, 7) is 10.2. The summed E-state index contributed by atoms with van der Waals surface area (Å²) in [7, 11) is 0. The predicted molar refractivity (Wildman–Crippen MR) is 164 cm³/mol. The molecule has 3 aliphatic heterocycles. The molecule has 7 nitrogen and oxygen atoms in total. The summed E-state index contributed by atoms with van der Waals surface area (Å²) in [5.74, 6) is 1.56. The Morgan fingerprint density at radius 2 is 2.02 bits per heavy atom. The van der Waals surface area contributed by atoms with E-state index in [4.69, 9.17) is 30.8 Å². The summed E-state index contributed by atoms with van der Waals surface area (Å²) >= 11 is 6.02. The largest absolute Gasteiger partial charge is 0.482 e. The fraction of sp³-hybridized carbons (Fsp3) is 0.471. The van der Waals surface area contributed by atoms with Crippen LogP contribution >= 0.6 is 11.6 Å². The number of halogens is 2. The monoisotopic (exact) mass is 607 g/mol. The molecule has 0 radical (unpaired) electrons. The van der Waals surface area contributed by atoms with Gasteiger partial charge in [0, 0.05) is 29.7 Å². The Kier molecular flexibility index (Phi) is 8.63. The summed E-state index contributed by atoms with van der Waals surface area (Å²) in [4.78, 5) is 19.4. The van der Waals surface area contributed by atoms with Crippen molar-refractivity contribution in [3.05, 3.63) is 87.2 Å². The highest BCUT2D eigenvalue weighted by atomic mass is 35.5. The number of aromatic nitrogens is 2. The summed E-state index contributed by atoms with van der Waals surface area (Å²) in [5.41, 5.74) is 3.90. The lowest BCUT2D eigenvalue weighted by Gasteiger charge is -2.33. The quantitative estimate of drug-likeness (QED) is 0.202. The average Bonchev–Trinajstić information content (AvgIpc) is 3.45. The number of imidazole rings is 1. The molecule has 3 aliphatic rings. The van der Waals surface area contributed by atoms with Gasteiger partial charge in [0.1, 0.15) is 23.0 Å². The van der Waals surface area contributed by atoms with Gasteiger partial charge in [-0.15, -0.1) is 0 Å². The standard InChI is InChI=1S/C34H39ClFN3O4/c1-4-41-32(40)11-10-30-22(2)37-31(39(30)20-26-14-17-42-26)21-38-15-12-23(13-16-38)27-7-5-6-24-19-34(3,43-33(24)27)28-9-8-25(35)18-29(28)36/h5-11,18,23,26H,4,12-17,19-21H2,1-3H3/b11-10+/t26-,34?/m0/s1. The molecule has 9 heteroatoms. The molecule has 43 heavy (non-hydrogen) atoms. The Balaban J connectivity index is 1.15. The molecule has 228 valence electrons. The highest BCUT2D eigenvalue weighted by Crippen LogP contribution is 2.47. The number of ether oxygens (including phenoxy) is 3. The number of rotatable bonds is 9. The number of carbonyl (C=O) groups is 1. The van der Waals surface area contributed by atoms with E-state index in [-0.39, 0.29) is 17.9 Å². The Morgan fingerprint density at radius 3 is 2.72 bits per heavy atom. The van der Waals surface area contributed by atoms with Gasteiger partial charge in [-0.1, -0.05) is 35.9 Å². The zero-order valence-electron chi connectivity index (χ0n) is 25.1. The van der Waals surface area contributed by atoms with E-state index in [1.54, 1.807) is 19.1 Å². The highest BCUT2D eigenvalue weighted by molar-refractivity contribution is 6.30. The van der Waals surface area contributed by atoms with Crippen molar-refractivity contribution in [2.24, 2.45) is 0 Å². The minimum Gasteiger partial charge on any atom is -0.482 e. The molecular weight excluding hydrogens is 569 g/mol. The summed E-state index contributed by atoms with van der Waals surface area (Å²) in [6, 6.07) is 11.2. The van der Waals surface area contributed by atoms with Crippen LogP contribution in [0.3, 0.4) is 0 Å². The fourth-order valence-electron chi connectivity index (χ4n) is 6.64. The van der Waals surface area contributed by atoms with Crippen LogP contribution in [0.1, 0.15) is 72.9 Å². The summed E-state index contributed by atoms with van der Waals surface area (Å²) in [5, 5.41) is 0.381. The van der Waals surface area contributed by atoms with Gasteiger partial charge < -0.3 is 18.8 Å². The third kappa shape index (κ3) is 6.24. The molecule has 2 atom stereocenters. The van der Waals surface area contributed by atoms with Crippen molar-refractivity contribution in [1.82, 2.24) is 14.5 Å². The number of esters is 1. The van der Waals surface area contributed by atoms with E-state index in [0.29, 0.717) is 29.5 Å². The van der Waals surface area contributed by atoms with Crippen LogP contribution in [0, 0.1) is 12.7 Å². The average molecular weight is 608 g/mol. The number of piperidine rings is 1. The van der Waals surface area contributed by atoms with Crippen molar-refractivity contribution in [3.8, 4) is 5.75 Å². The first kappa shape index (κ1) is 29.9. The second-order valence-corrected chi connectivity index (χ2v) is 12.4. The van der Waals surface area contributed by atoms with Crippen LogP contribution in [0.15, 0.2) is 42.5 Å². The molecule has 2 aromatic carbocycles. The molecule has 3 aromatic rings. The SMILES string of the molecule is CCOC(=O)/C=C/c1c(C)nc(CN2CCC(c3cccc4c3OC(C)(c3ccc(Cl)cc3F)C4)CC2)n1C[C@@H]1CCO1. The van der Waals surface area contributed by atoms with Gasteiger partial charge in [-0.3, -0.25) is 4.90 Å². The van der Waals surface area contributed by atoms with Gasteiger partial charge in [-0.05, 0) is 88.4 Å². The van der Waals surface area contributed by atoms with E-state index in [9.17, 15) is 9.18 Å². The number of hydrogen-bond acceptors (Lipinski definition) is 6. The number of fused-ring (bicyclic) bond motifs is 1. The van der Waals surface area contributed by atoms with Crippen molar-refractivity contribution in [3.63, 3.8) is 0 Å². The lowest BCUT2D eigenvalue weighted by molar-refractivity contribution is -0.137. The second kappa shape index (κ2) is 12.4. The zero-order valence-corrected chi connectivity index (χ0v) is 25.8. The maximum absolute atomic E-state index is 14.9. The molecule has 0 spiro atoms. The first-order valence-electron chi connectivity index (χ1n) is 15.2. The van der Waals surface area contributed by atoms with Gasteiger partial charge in [-0.2, -0.15) is 0 Å². The minimum atomic E-state index is -0.771. The molecule has 0 amide bonds. The minimum absolute atomic E-state index is 0.167. The van der Waals surface area contributed by atoms with E-state index in [1.807, 2.05) is 19.9 Å². The van der Waals surface area contributed by atoms with Crippen molar-refractivity contribution in [2.75, 3.05) is 26.3 Å². The molecule has 0 aliphatic carbocycles. The Morgan fingerprint density at radius 1 is 1.23 bits per heavy atom. The van der Waals surface area contributed by atoms with Crippen LogP contribution in [-0.4, -0.2) is 52.8 Å². The number of likely N-dealkylation sites (tertiary alicyclic amines) is 1. The Labute approximate surface area is 257 Å². The third-order valence-corrected chi connectivity index (χ3v) is 9.22. The summed E-state index contributed by atoms with van der Waals surface area (Å²) in [6.07, 6.45) is 7.09. The number of hydrogen-bond donors (Lipinski definition) is 0. The van der Waals surface area contributed by atoms with Gasteiger partial charge >= 0.3 is 5.97 Å². The van der Waals surface area contributed by atoms with Crippen LogP contribution in [0.4, 0.5) is 4.39 Å². The van der Waals surface area contributed by atoms with Crippen LogP contribution in [0.2, 0.25) is 5.02 Å². The first-order chi connectivity index (χ1) is 20.7. The Bertz CT molecular complexity index is 1530. The van der Waals surface area contributed by atoms with Gasteiger partial charge in [0.25, 0.3) is 0 Å². The molecular formula is C34H39ClFN3O4. The van der Waals surface area contributed by atoms with Crippen molar-refractivity contribution >= 4 is 23.6 Å². The van der Waals surface area contributed by atoms with Gasteiger partial charge in [-0.25, -0.2) is 14.2 Å². The van der Waals surface area contributed by atoms with E-state index >= 15 is 0 Å². The first-order valence-corrected chi connectivity index (χ1v) is 15.6. The number of benzene rings is 2. The molecule has 0 saturated carbocycles. The Hall–Kier alpha value is -3.20. The normalized spacial score (nSPS) is 22.4. The molecule has 2 fully saturated rings. The van der Waals surface area contributed by atoms with Crippen LogP contribution in [0.25, 0.3) is 6.08 Å². The maximum atomic E-state index is 14.9. The van der Waals surface area contributed by atoms with Crippen molar-refractivity contribution in [2.45, 2.75) is 77.2 Å². The number of para-hydroxylation sites is 1. The van der Waals surface area contributed by atoms with Crippen LogP contribution in [0.5, 0.6) is 5.75 Å². The topological polar surface area (TPSA) is 65.8 Å². The van der Waals surface area contributed by atoms with E-state index in [1.165, 1.54) is 17.7 Å². The molecule has 0 N–H and O–H groups in total. The number of aryl methyl sites for hydroxylation is 1. The molecule has 0 bridgehead atoms. The molecule has 6 rings (SSSR count). The lowest BCUT2D eigenvalue weighted by atomic mass is 9.86. The van der Waals surface area contributed by atoms with Gasteiger partial charge in [0.15, 0.2) is 0 Å². The second-order valence-electron chi connectivity index (χ2n) is 12.0. The van der Waals surface area contributed by atoms with E-state index in [2.05, 4.69) is 27.7 Å². The van der Waals surface area contributed by atoms with Gasteiger partial charge in [0.05, 0.1) is 37.2 Å². The number of carbonyl (C=O) groups excluding carboxylic acids is 1. The lowest BCUT2D eigenvalue weighted by Crippen LogP contribution is -2.35. The predicted octanol–water partition coefficient (Wildman–Crippen LogP) is 6.58. The van der Waals surface area contributed by atoms with E-state index < -0.39 is 5.60 Å². The fourth-order valence-corrected chi connectivity index (χ4v) is 6.79. The molecule has 4 heterocycles. The van der Waals surface area contributed by atoms with Crippen molar-refractivity contribution in [1.29, 1.82) is 0 Å². The van der Waals surface area contributed by atoms with Crippen LogP contribution in [-0.2, 0) is 39.4 Å². The molecule has 1 unspecified atom stereocenters. The van der Waals surface area contributed by atoms with Crippen molar-refractivity contribution < 1.29 is 23.4 Å². The highest BCUT2D eigenvalue weighted by Gasteiger charge is 2.40. The van der Waals surface area contributed by atoms with Gasteiger partial charge in [0.2, 0.25) is 0 Å². The maximum Gasteiger partial charge on any atom is 0.330 e. The summed E-state index contributed by atoms with van der Waals surface area (Å²) < 4.78 is 34.5. The number of nitrogens with zero attached hydrogens (tertiary/aromatic N) is 3. The smallest absolute Gasteiger partial charge is 0.330 e.